The summed E-state index contributed by atoms with van der Waals surface area (Å²) in [5, 5.41) is 10.2. The van der Waals surface area contributed by atoms with Crippen molar-refractivity contribution >= 4 is 11.8 Å². The van der Waals surface area contributed by atoms with Gasteiger partial charge in [-0.3, -0.25) is 5.10 Å². The van der Waals surface area contributed by atoms with Crippen LogP contribution in [0.4, 0.5) is 11.8 Å². The number of nitrogens with zero attached hydrogens (tertiary/aromatic N) is 4. The average Bonchev–Trinajstić information content (AvgIpc) is 2.75. The number of anilines is 2. The van der Waals surface area contributed by atoms with Crippen molar-refractivity contribution in [2.45, 2.75) is 39.7 Å². The van der Waals surface area contributed by atoms with Crippen molar-refractivity contribution in [3.05, 3.63) is 23.4 Å². The lowest BCUT2D eigenvalue weighted by atomic mass is 10.1. The quantitative estimate of drug-likeness (QED) is 0.774. The van der Waals surface area contributed by atoms with Crippen LogP contribution in [-0.2, 0) is 0 Å². The van der Waals surface area contributed by atoms with Crippen LogP contribution < -0.4 is 11.1 Å². The number of nitrogens with one attached hydrogen (secondary N) is 2. The van der Waals surface area contributed by atoms with Crippen molar-refractivity contribution in [3.63, 3.8) is 0 Å². The Morgan fingerprint density at radius 3 is 2.53 bits per heavy atom. The van der Waals surface area contributed by atoms with Crippen LogP contribution in [-0.4, -0.2) is 25.1 Å². The number of aromatic nitrogens is 5. The molecule has 102 valence electrons. The summed E-state index contributed by atoms with van der Waals surface area (Å²) in [7, 11) is 0. The van der Waals surface area contributed by atoms with Gasteiger partial charge >= 0.3 is 0 Å². The van der Waals surface area contributed by atoms with E-state index in [1.807, 2.05) is 19.9 Å². The van der Waals surface area contributed by atoms with Crippen LogP contribution in [0.3, 0.4) is 0 Å². The van der Waals surface area contributed by atoms with E-state index in [1.165, 1.54) is 0 Å². The Balaban J connectivity index is 2.18. The van der Waals surface area contributed by atoms with Crippen molar-refractivity contribution in [2.75, 3.05) is 11.1 Å². The molecule has 0 aliphatic rings. The summed E-state index contributed by atoms with van der Waals surface area (Å²) in [6.07, 6.45) is 0. The summed E-state index contributed by atoms with van der Waals surface area (Å²) < 4.78 is 0. The Kier molecular flexibility index (Phi) is 3.64. The molecule has 1 atom stereocenters. The smallest absolute Gasteiger partial charge is 0.222 e. The van der Waals surface area contributed by atoms with Gasteiger partial charge in [0, 0.05) is 6.07 Å². The summed E-state index contributed by atoms with van der Waals surface area (Å²) >= 11 is 0. The Hall–Kier alpha value is -2.18. The van der Waals surface area contributed by atoms with E-state index in [0.29, 0.717) is 17.6 Å². The molecule has 0 spiro atoms. The van der Waals surface area contributed by atoms with Gasteiger partial charge in [-0.15, -0.1) is 0 Å². The molecule has 0 aliphatic carbocycles. The maximum atomic E-state index is 5.72. The van der Waals surface area contributed by atoms with Gasteiger partial charge in [0.15, 0.2) is 5.82 Å². The second-order valence-corrected chi connectivity index (χ2v) is 4.84. The first-order valence-corrected chi connectivity index (χ1v) is 6.25. The first kappa shape index (κ1) is 13.3. The molecule has 0 saturated heterocycles. The van der Waals surface area contributed by atoms with Crippen LogP contribution in [0.15, 0.2) is 6.07 Å². The van der Waals surface area contributed by atoms with Gasteiger partial charge in [-0.1, -0.05) is 13.8 Å². The third-order valence-electron chi connectivity index (χ3n) is 2.72. The number of nitrogen functional groups attached to an aromatic ring is 1. The standard InChI is InChI=1S/C12H19N7/c1-6(2)9-5-10(17-12(13)16-9)14-7(3)11-15-8(4)18-19-11/h5-7H,1-4H3,(H,15,18,19)(H3,13,14,16,17). The number of H-pyrrole nitrogens is 1. The van der Waals surface area contributed by atoms with Crippen LogP contribution >= 0.6 is 0 Å². The first-order chi connectivity index (χ1) is 8.95. The molecule has 0 aliphatic heterocycles. The molecular weight excluding hydrogens is 242 g/mol. The van der Waals surface area contributed by atoms with E-state index >= 15 is 0 Å². The normalized spacial score (nSPS) is 12.7. The number of aromatic amines is 1. The molecule has 0 saturated carbocycles. The van der Waals surface area contributed by atoms with Gasteiger partial charge in [0.05, 0.1) is 11.7 Å². The zero-order valence-electron chi connectivity index (χ0n) is 11.6. The maximum Gasteiger partial charge on any atom is 0.222 e. The van der Waals surface area contributed by atoms with E-state index in [-0.39, 0.29) is 12.0 Å². The van der Waals surface area contributed by atoms with E-state index in [1.54, 1.807) is 0 Å². The zero-order valence-corrected chi connectivity index (χ0v) is 11.6. The summed E-state index contributed by atoms with van der Waals surface area (Å²) in [5.41, 5.74) is 6.63. The zero-order chi connectivity index (χ0) is 14.0. The Morgan fingerprint density at radius 1 is 1.21 bits per heavy atom. The van der Waals surface area contributed by atoms with E-state index in [9.17, 15) is 0 Å². The topological polar surface area (TPSA) is 105 Å². The molecule has 1 unspecified atom stereocenters. The van der Waals surface area contributed by atoms with Gasteiger partial charge in [-0.05, 0) is 19.8 Å². The number of nitrogens with two attached hydrogens (primary N) is 1. The monoisotopic (exact) mass is 261 g/mol. The van der Waals surface area contributed by atoms with Crippen molar-refractivity contribution in [1.82, 2.24) is 25.1 Å². The molecule has 4 N–H and O–H groups in total. The maximum absolute atomic E-state index is 5.72. The molecular formula is C12H19N7. The van der Waals surface area contributed by atoms with Gasteiger partial charge in [-0.25, -0.2) is 9.97 Å². The first-order valence-electron chi connectivity index (χ1n) is 6.25. The lowest BCUT2D eigenvalue weighted by Gasteiger charge is -2.13. The molecule has 2 aromatic rings. The van der Waals surface area contributed by atoms with Crippen molar-refractivity contribution in [1.29, 1.82) is 0 Å². The minimum Gasteiger partial charge on any atom is -0.368 e. The molecule has 0 bridgehead atoms. The fourth-order valence-electron chi connectivity index (χ4n) is 1.70. The highest BCUT2D eigenvalue weighted by molar-refractivity contribution is 5.42. The minimum absolute atomic E-state index is 0.0562. The number of aryl methyl sites for hydroxylation is 1. The molecule has 0 aromatic carbocycles. The Labute approximate surface area is 112 Å². The fraction of sp³-hybridized carbons (Fsp3) is 0.500. The predicted octanol–water partition coefficient (Wildman–Crippen LogP) is 1.78. The van der Waals surface area contributed by atoms with E-state index in [0.717, 1.165) is 11.5 Å². The molecule has 19 heavy (non-hydrogen) atoms. The summed E-state index contributed by atoms with van der Waals surface area (Å²) in [6, 6.07) is 1.84. The van der Waals surface area contributed by atoms with Crippen molar-refractivity contribution in [2.24, 2.45) is 0 Å². The highest BCUT2D eigenvalue weighted by Gasteiger charge is 2.13. The molecule has 7 heteroatoms. The Morgan fingerprint density at radius 2 is 1.95 bits per heavy atom. The molecule has 2 aromatic heterocycles. The third kappa shape index (κ3) is 3.18. The largest absolute Gasteiger partial charge is 0.368 e. The Bertz CT molecular complexity index is 561. The van der Waals surface area contributed by atoms with E-state index in [4.69, 9.17) is 5.73 Å². The lowest BCUT2D eigenvalue weighted by molar-refractivity contribution is 0.780. The van der Waals surface area contributed by atoms with Crippen molar-refractivity contribution in [3.8, 4) is 0 Å². The summed E-state index contributed by atoms with van der Waals surface area (Å²) in [5.74, 6) is 2.74. The summed E-state index contributed by atoms with van der Waals surface area (Å²) in [4.78, 5) is 12.7. The van der Waals surface area contributed by atoms with E-state index in [2.05, 4.69) is 44.3 Å². The number of hydrogen-bond donors (Lipinski definition) is 3. The van der Waals surface area contributed by atoms with Crippen LogP contribution in [0, 0.1) is 6.92 Å². The van der Waals surface area contributed by atoms with E-state index < -0.39 is 0 Å². The van der Waals surface area contributed by atoms with Crippen LogP contribution in [0.2, 0.25) is 0 Å². The molecule has 2 rings (SSSR count). The van der Waals surface area contributed by atoms with Crippen LogP contribution in [0.25, 0.3) is 0 Å². The molecule has 0 radical (unpaired) electrons. The number of rotatable bonds is 4. The second kappa shape index (κ2) is 5.21. The second-order valence-electron chi connectivity index (χ2n) is 4.84. The van der Waals surface area contributed by atoms with Gasteiger partial charge in [0.1, 0.15) is 11.6 Å². The highest BCUT2D eigenvalue weighted by atomic mass is 15.2. The SMILES string of the molecule is Cc1nc(C(C)Nc2cc(C(C)C)nc(N)n2)n[nH]1. The van der Waals surface area contributed by atoms with Gasteiger partial charge < -0.3 is 11.1 Å². The summed E-state index contributed by atoms with van der Waals surface area (Å²) in [6.45, 7) is 7.96. The fourth-order valence-corrected chi connectivity index (χ4v) is 1.70. The third-order valence-corrected chi connectivity index (χ3v) is 2.72. The average molecular weight is 261 g/mol. The highest BCUT2D eigenvalue weighted by Crippen LogP contribution is 2.19. The van der Waals surface area contributed by atoms with Crippen LogP contribution in [0.1, 0.15) is 50.1 Å². The molecule has 7 nitrogen and oxygen atoms in total. The van der Waals surface area contributed by atoms with Crippen LogP contribution in [0.5, 0.6) is 0 Å². The lowest BCUT2D eigenvalue weighted by Crippen LogP contribution is -2.12. The molecule has 0 fully saturated rings. The minimum atomic E-state index is -0.0562. The number of hydrogen-bond acceptors (Lipinski definition) is 6. The van der Waals surface area contributed by atoms with Gasteiger partial charge in [-0.2, -0.15) is 10.1 Å². The van der Waals surface area contributed by atoms with Gasteiger partial charge in [0.2, 0.25) is 5.95 Å². The molecule has 2 heterocycles. The molecule has 0 amide bonds. The van der Waals surface area contributed by atoms with Crippen molar-refractivity contribution < 1.29 is 0 Å². The van der Waals surface area contributed by atoms with Gasteiger partial charge in [0.25, 0.3) is 0 Å². The predicted molar refractivity (Wildman–Crippen MR) is 73.7 cm³/mol.